The number of alkyl halides is 3. The van der Waals surface area contributed by atoms with Crippen LogP contribution in [-0.4, -0.2) is 13.6 Å². The van der Waals surface area contributed by atoms with Gasteiger partial charge in [0.25, 0.3) is 0 Å². The van der Waals surface area contributed by atoms with Crippen LogP contribution in [0.4, 0.5) is 18.9 Å². The first kappa shape index (κ1) is 13.9. The molecule has 0 unspecified atom stereocenters. The van der Waals surface area contributed by atoms with Crippen LogP contribution in [0.3, 0.4) is 0 Å². The van der Waals surface area contributed by atoms with Crippen molar-refractivity contribution in [2.75, 3.05) is 18.5 Å². The van der Waals surface area contributed by atoms with Crippen LogP contribution in [0, 0.1) is 0 Å². The van der Waals surface area contributed by atoms with Crippen LogP contribution in [0.25, 0.3) is 0 Å². The Morgan fingerprint density at radius 2 is 1.65 bits per heavy atom. The zero-order valence-corrected chi connectivity index (χ0v) is 10.2. The molecule has 0 fully saturated rings. The van der Waals surface area contributed by atoms with E-state index in [-0.39, 0.29) is 0 Å². The van der Waals surface area contributed by atoms with Gasteiger partial charge in [0.05, 0.1) is 5.56 Å². The molecule has 1 nitrogen and oxygen atoms in total. The summed E-state index contributed by atoms with van der Waals surface area (Å²) in [6.07, 6.45) is -0.904. The van der Waals surface area contributed by atoms with E-state index in [1.165, 1.54) is 12.1 Å². The lowest BCUT2D eigenvalue weighted by Gasteiger charge is -2.19. The van der Waals surface area contributed by atoms with Gasteiger partial charge >= 0.3 is 6.18 Å². The van der Waals surface area contributed by atoms with E-state index in [0.717, 1.165) is 43.6 Å². The lowest BCUT2D eigenvalue weighted by molar-refractivity contribution is -0.137. The topological polar surface area (TPSA) is 3.24 Å². The number of anilines is 1. The van der Waals surface area contributed by atoms with Gasteiger partial charge in [0, 0.05) is 19.3 Å². The first-order valence-electron chi connectivity index (χ1n) is 5.83. The predicted molar refractivity (Wildman–Crippen MR) is 64.2 cm³/mol. The van der Waals surface area contributed by atoms with Crippen LogP contribution in [0.15, 0.2) is 24.3 Å². The zero-order chi connectivity index (χ0) is 12.9. The summed E-state index contributed by atoms with van der Waals surface area (Å²) in [6, 6.07) is 5.31. The van der Waals surface area contributed by atoms with Gasteiger partial charge in [-0.1, -0.05) is 19.8 Å². The highest BCUT2D eigenvalue weighted by Gasteiger charge is 2.29. The Morgan fingerprint density at radius 3 is 2.12 bits per heavy atom. The van der Waals surface area contributed by atoms with Crippen molar-refractivity contribution in [1.82, 2.24) is 0 Å². The highest BCUT2D eigenvalue weighted by molar-refractivity contribution is 5.47. The summed E-state index contributed by atoms with van der Waals surface area (Å²) in [4.78, 5) is 1.98. The van der Waals surface area contributed by atoms with Gasteiger partial charge in [0.1, 0.15) is 0 Å². The summed E-state index contributed by atoms with van der Waals surface area (Å²) >= 11 is 0. The van der Waals surface area contributed by atoms with Crippen LogP contribution < -0.4 is 4.90 Å². The summed E-state index contributed by atoms with van der Waals surface area (Å²) in [6.45, 7) is 3.00. The maximum Gasteiger partial charge on any atom is 0.416 e. The van der Waals surface area contributed by atoms with E-state index in [1.54, 1.807) is 0 Å². The van der Waals surface area contributed by atoms with Crippen molar-refractivity contribution in [3.63, 3.8) is 0 Å². The quantitative estimate of drug-likeness (QED) is 0.698. The summed E-state index contributed by atoms with van der Waals surface area (Å²) in [5, 5.41) is 0. The molecule has 0 saturated heterocycles. The molecular formula is C13H18F3N. The van der Waals surface area contributed by atoms with E-state index in [9.17, 15) is 13.2 Å². The van der Waals surface area contributed by atoms with E-state index in [0.29, 0.717) is 0 Å². The van der Waals surface area contributed by atoms with E-state index >= 15 is 0 Å². The largest absolute Gasteiger partial charge is 0.416 e. The van der Waals surface area contributed by atoms with E-state index < -0.39 is 11.7 Å². The molecule has 0 radical (unpaired) electrons. The monoisotopic (exact) mass is 245 g/mol. The molecule has 0 atom stereocenters. The molecule has 0 aromatic heterocycles. The van der Waals surface area contributed by atoms with Crippen molar-refractivity contribution in [1.29, 1.82) is 0 Å². The lowest BCUT2D eigenvalue weighted by Crippen LogP contribution is -2.18. The highest BCUT2D eigenvalue weighted by atomic mass is 19.4. The maximum absolute atomic E-state index is 12.4. The van der Waals surface area contributed by atoms with Gasteiger partial charge in [0.2, 0.25) is 0 Å². The Labute approximate surface area is 100 Å². The average Bonchev–Trinajstić information content (AvgIpc) is 2.28. The summed E-state index contributed by atoms with van der Waals surface area (Å²) in [7, 11) is 1.90. The van der Waals surface area contributed by atoms with Crippen molar-refractivity contribution in [2.24, 2.45) is 0 Å². The molecule has 96 valence electrons. The van der Waals surface area contributed by atoms with Gasteiger partial charge in [0.15, 0.2) is 0 Å². The third-order valence-corrected chi connectivity index (χ3v) is 2.73. The van der Waals surface area contributed by atoms with Gasteiger partial charge in [-0.2, -0.15) is 13.2 Å². The van der Waals surface area contributed by atoms with Crippen molar-refractivity contribution in [2.45, 2.75) is 32.4 Å². The van der Waals surface area contributed by atoms with Gasteiger partial charge in [-0.25, -0.2) is 0 Å². The molecule has 0 spiro atoms. The third kappa shape index (κ3) is 4.29. The van der Waals surface area contributed by atoms with Crippen LogP contribution in [0.2, 0.25) is 0 Å². The van der Waals surface area contributed by atoms with Crippen molar-refractivity contribution >= 4 is 5.69 Å². The number of benzene rings is 1. The normalized spacial score (nSPS) is 11.6. The molecule has 0 N–H and O–H groups in total. The Morgan fingerprint density at radius 1 is 1.06 bits per heavy atom. The Hall–Kier alpha value is -1.19. The fourth-order valence-electron chi connectivity index (χ4n) is 1.63. The van der Waals surface area contributed by atoms with Gasteiger partial charge in [-0.05, 0) is 30.7 Å². The number of unbranched alkanes of at least 4 members (excludes halogenated alkanes) is 2. The lowest BCUT2D eigenvalue weighted by atomic mass is 10.2. The fraction of sp³-hybridized carbons (Fsp3) is 0.538. The third-order valence-electron chi connectivity index (χ3n) is 2.73. The summed E-state index contributed by atoms with van der Waals surface area (Å²) in [5.41, 5.74) is 0.234. The molecule has 4 heteroatoms. The molecular weight excluding hydrogens is 227 g/mol. The standard InChI is InChI=1S/C13H18F3N/c1-3-4-5-10-17(2)12-8-6-11(7-9-12)13(14,15)16/h6-9H,3-5,10H2,1-2H3. The zero-order valence-electron chi connectivity index (χ0n) is 10.2. The first-order chi connectivity index (χ1) is 7.95. The number of halogens is 3. The van der Waals surface area contributed by atoms with Crippen LogP contribution >= 0.6 is 0 Å². The second-order valence-corrected chi connectivity index (χ2v) is 4.17. The highest BCUT2D eigenvalue weighted by Crippen LogP contribution is 2.30. The molecule has 1 aromatic rings. The smallest absolute Gasteiger partial charge is 0.375 e. The number of rotatable bonds is 5. The summed E-state index contributed by atoms with van der Waals surface area (Å²) < 4.78 is 37.1. The van der Waals surface area contributed by atoms with E-state index in [2.05, 4.69) is 6.92 Å². The Balaban J connectivity index is 2.61. The van der Waals surface area contributed by atoms with E-state index in [4.69, 9.17) is 0 Å². The molecule has 0 amide bonds. The van der Waals surface area contributed by atoms with Crippen molar-refractivity contribution in [3.8, 4) is 0 Å². The average molecular weight is 245 g/mol. The molecule has 0 heterocycles. The van der Waals surface area contributed by atoms with Gasteiger partial charge < -0.3 is 4.90 Å². The predicted octanol–water partition coefficient (Wildman–Crippen LogP) is 4.33. The van der Waals surface area contributed by atoms with Gasteiger partial charge in [-0.15, -0.1) is 0 Å². The molecule has 0 aliphatic carbocycles. The summed E-state index contributed by atoms with van der Waals surface area (Å²) in [5.74, 6) is 0. The second-order valence-electron chi connectivity index (χ2n) is 4.17. The minimum Gasteiger partial charge on any atom is -0.375 e. The molecule has 0 aliphatic heterocycles. The molecule has 1 aromatic carbocycles. The molecule has 0 saturated carbocycles. The number of hydrogen-bond acceptors (Lipinski definition) is 1. The molecule has 0 aliphatic rings. The van der Waals surface area contributed by atoms with Crippen molar-refractivity contribution < 1.29 is 13.2 Å². The SMILES string of the molecule is CCCCCN(C)c1ccc(C(F)(F)F)cc1. The van der Waals surface area contributed by atoms with Crippen molar-refractivity contribution in [3.05, 3.63) is 29.8 Å². The number of nitrogens with zero attached hydrogens (tertiary/aromatic N) is 1. The minimum absolute atomic E-state index is 0.594. The molecule has 17 heavy (non-hydrogen) atoms. The number of hydrogen-bond donors (Lipinski definition) is 0. The van der Waals surface area contributed by atoms with Crippen LogP contribution in [-0.2, 0) is 6.18 Å². The second kappa shape index (κ2) is 5.94. The molecule has 1 rings (SSSR count). The van der Waals surface area contributed by atoms with E-state index in [1.807, 2.05) is 11.9 Å². The van der Waals surface area contributed by atoms with Crippen LogP contribution in [0.1, 0.15) is 31.7 Å². The Bertz CT molecular complexity index is 330. The van der Waals surface area contributed by atoms with Crippen LogP contribution in [0.5, 0.6) is 0 Å². The van der Waals surface area contributed by atoms with Gasteiger partial charge in [-0.3, -0.25) is 0 Å². The maximum atomic E-state index is 12.4. The Kier molecular flexibility index (Phi) is 4.85. The minimum atomic E-state index is -4.25. The first-order valence-corrected chi connectivity index (χ1v) is 5.83. The fourth-order valence-corrected chi connectivity index (χ4v) is 1.63. The molecule has 0 bridgehead atoms.